The summed E-state index contributed by atoms with van der Waals surface area (Å²) in [6.45, 7) is 1.23. The first kappa shape index (κ1) is 13.7. The Kier molecular flexibility index (Phi) is 3.89. The van der Waals surface area contributed by atoms with Gasteiger partial charge >= 0.3 is 10.4 Å². The second-order valence-electron chi connectivity index (χ2n) is 3.00. The minimum atomic E-state index is -5.49. The Balaban J connectivity index is 3.09. The van der Waals surface area contributed by atoms with Gasteiger partial charge in [-0.25, -0.2) is 0 Å². The zero-order valence-electron chi connectivity index (χ0n) is 8.45. The highest BCUT2D eigenvalue weighted by Crippen LogP contribution is 2.29. The van der Waals surface area contributed by atoms with Gasteiger partial charge in [0.1, 0.15) is 0 Å². The summed E-state index contributed by atoms with van der Waals surface area (Å²) in [6.07, 6.45) is 0. The zero-order valence-corrected chi connectivity index (χ0v) is 10.0. The molecule has 0 aromatic heterocycles. The molecule has 1 aromatic rings. The molecule has 0 aliphatic rings. The van der Waals surface area contributed by atoms with Crippen molar-refractivity contribution in [3.8, 4) is 0 Å². The Labute approximate surface area is 101 Å². The number of amides is 1. The van der Waals surface area contributed by atoms with Gasteiger partial charge in [0.15, 0.2) is 0 Å². The van der Waals surface area contributed by atoms with Crippen LogP contribution >= 0.6 is 11.6 Å². The topological polar surface area (TPSA) is 66.5 Å². The van der Waals surface area contributed by atoms with Crippen LogP contribution in [0.4, 0.5) is 19.7 Å². The van der Waals surface area contributed by atoms with E-state index in [1.54, 1.807) is 0 Å². The Hall–Kier alpha value is -1.41. The highest BCUT2D eigenvalue weighted by molar-refractivity contribution is 7.87. The molecule has 0 aliphatic heterocycles. The molecule has 1 amide bonds. The number of nitrogens with zero attached hydrogens (tertiary/aromatic N) is 1. The van der Waals surface area contributed by atoms with E-state index in [0.717, 1.165) is 18.2 Å². The van der Waals surface area contributed by atoms with E-state index in [1.165, 1.54) is 6.92 Å². The van der Waals surface area contributed by atoms with Crippen LogP contribution in [0.1, 0.15) is 6.92 Å². The molecule has 9 heteroatoms. The van der Waals surface area contributed by atoms with Crippen molar-refractivity contribution in [3.63, 3.8) is 0 Å². The summed E-state index contributed by atoms with van der Waals surface area (Å²) < 4.78 is 44.8. The Morgan fingerprint density at radius 2 is 2.06 bits per heavy atom. The Bertz CT molecular complexity index is 550. The number of halogens is 3. The molecule has 0 fully saturated rings. The largest absolute Gasteiger partial charge is 0.426 e. The Morgan fingerprint density at radius 1 is 1.47 bits per heavy atom. The molecule has 1 rings (SSSR count). The number of nitrogens with one attached hydrogen (secondary N) is 1. The maximum Gasteiger partial charge on any atom is 0.426 e. The number of hydrogen-bond acceptors (Lipinski definition) is 3. The smallest absolute Gasteiger partial charge is 0.325 e. The van der Waals surface area contributed by atoms with E-state index in [1.807, 2.05) is 0 Å². The van der Waals surface area contributed by atoms with Crippen molar-refractivity contribution in [2.24, 2.45) is 0 Å². The minimum absolute atomic E-state index is 0.121. The van der Waals surface area contributed by atoms with Crippen LogP contribution < -0.4 is 9.84 Å². The van der Waals surface area contributed by atoms with Crippen molar-refractivity contribution < 1.29 is 21.6 Å². The Morgan fingerprint density at radius 3 is 2.47 bits per heavy atom. The number of anilines is 2. The molecule has 0 bridgehead atoms. The SMILES string of the molecule is CC(=O)Nc1ccc(N(F)S(=O)(=O)F)cc1Cl. The molecule has 0 aliphatic carbocycles. The average molecular weight is 285 g/mol. The number of benzene rings is 1. The monoisotopic (exact) mass is 284 g/mol. The van der Waals surface area contributed by atoms with Crippen molar-refractivity contribution in [2.45, 2.75) is 6.92 Å². The van der Waals surface area contributed by atoms with Crippen LogP contribution in [0.25, 0.3) is 0 Å². The maximum atomic E-state index is 12.9. The van der Waals surface area contributed by atoms with Crippen molar-refractivity contribution in [3.05, 3.63) is 23.2 Å². The molecular formula is C8H7ClF2N2O3S. The van der Waals surface area contributed by atoms with Crippen molar-refractivity contribution >= 4 is 39.3 Å². The van der Waals surface area contributed by atoms with Gasteiger partial charge < -0.3 is 5.32 Å². The van der Waals surface area contributed by atoms with Gasteiger partial charge in [0.05, 0.1) is 16.4 Å². The lowest BCUT2D eigenvalue weighted by molar-refractivity contribution is -0.114. The molecule has 1 aromatic carbocycles. The third-order valence-corrected chi connectivity index (χ3v) is 2.56. The van der Waals surface area contributed by atoms with Crippen LogP contribution in [0.15, 0.2) is 18.2 Å². The molecular weight excluding hydrogens is 278 g/mol. The lowest BCUT2D eigenvalue weighted by Gasteiger charge is -2.10. The number of hydrogen-bond donors (Lipinski definition) is 1. The molecule has 17 heavy (non-hydrogen) atoms. The number of rotatable bonds is 3. The molecule has 0 atom stereocenters. The van der Waals surface area contributed by atoms with E-state index in [0.29, 0.717) is 0 Å². The summed E-state index contributed by atoms with van der Waals surface area (Å²) in [5, 5.41) is 2.20. The third-order valence-electron chi connectivity index (χ3n) is 1.66. The van der Waals surface area contributed by atoms with Crippen molar-refractivity contribution in [1.29, 1.82) is 0 Å². The van der Waals surface area contributed by atoms with Crippen molar-refractivity contribution in [2.75, 3.05) is 9.84 Å². The van der Waals surface area contributed by atoms with E-state index in [9.17, 15) is 21.6 Å². The molecule has 0 heterocycles. The fraction of sp³-hybridized carbons (Fsp3) is 0.125. The second kappa shape index (κ2) is 4.84. The molecule has 94 valence electrons. The van der Waals surface area contributed by atoms with Crippen LogP contribution in [0.2, 0.25) is 5.02 Å². The molecule has 1 N–H and O–H groups in total. The van der Waals surface area contributed by atoms with Gasteiger partial charge in [-0.2, -0.15) is 8.42 Å². The van der Waals surface area contributed by atoms with Crippen LogP contribution in [0, 0.1) is 0 Å². The fourth-order valence-electron chi connectivity index (χ4n) is 1.03. The lowest BCUT2D eigenvalue weighted by Crippen LogP contribution is -2.17. The predicted octanol–water partition coefficient (Wildman–Crippen LogP) is 2.20. The molecule has 0 saturated carbocycles. The first-order valence-corrected chi connectivity index (χ1v) is 5.91. The molecule has 0 unspecified atom stereocenters. The van der Waals surface area contributed by atoms with E-state index in [2.05, 4.69) is 5.32 Å². The third kappa shape index (κ3) is 3.53. The zero-order chi connectivity index (χ0) is 13.2. The average Bonchev–Trinajstić information content (AvgIpc) is 2.18. The van der Waals surface area contributed by atoms with Gasteiger partial charge in [0.2, 0.25) is 5.91 Å². The maximum absolute atomic E-state index is 12.9. The van der Waals surface area contributed by atoms with Crippen LogP contribution in [0.5, 0.6) is 0 Å². The van der Waals surface area contributed by atoms with E-state index >= 15 is 0 Å². The molecule has 5 nitrogen and oxygen atoms in total. The van der Waals surface area contributed by atoms with Gasteiger partial charge in [0.25, 0.3) is 0 Å². The summed E-state index contributed by atoms with van der Waals surface area (Å²) in [4.78, 5) is 10.7. The minimum Gasteiger partial charge on any atom is -0.325 e. The predicted molar refractivity (Wildman–Crippen MR) is 59.4 cm³/mol. The van der Waals surface area contributed by atoms with E-state index in [-0.39, 0.29) is 10.7 Å². The van der Waals surface area contributed by atoms with Crippen LogP contribution in [-0.4, -0.2) is 14.3 Å². The van der Waals surface area contributed by atoms with Gasteiger partial charge in [-0.3, -0.25) is 4.79 Å². The van der Waals surface area contributed by atoms with Crippen molar-refractivity contribution in [1.82, 2.24) is 0 Å². The normalized spacial score (nSPS) is 11.1. The lowest BCUT2D eigenvalue weighted by atomic mass is 10.3. The van der Waals surface area contributed by atoms with E-state index in [4.69, 9.17) is 11.6 Å². The highest BCUT2D eigenvalue weighted by Gasteiger charge is 2.22. The van der Waals surface area contributed by atoms with Crippen LogP contribution in [-0.2, 0) is 15.2 Å². The first-order chi connectivity index (χ1) is 7.71. The molecule has 0 saturated heterocycles. The molecule has 0 spiro atoms. The summed E-state index contributed by atoms with van der Waals surface area (Å²) in [5.74, 6) is -0.408. The first-order valence-electron chi connectivity index (χ1n) is 4.19. The van der Waals surface area contributed by atoms with Gasteiger partial charge in [-0.05, 0) is 18.2 Å². The summed E-state index contributed by atoms with van der Waals surface area (Å²) in [7, 11) is -5.49. The summed E-state index contributed by atoms with van der Waals surface area (Å²) in [6, 6.07) is 2.97. The highest BCUT2D eigenvalue weighted by atomic mass is 35.5. The van der Waals surface area contributed by atoms with E-state index < -0.39 is 26.5 Å². The second-order valence-corrected chi connectivity index (χ2v) is 4.55. The summed E-state index contributed by atoms with van der Waals surface area (Å²) >= 11 is 5.64. The number of carbonyl (C=O) groups excluding carboxylic acids is 1. The summed E-state index contributed by atoms with van der Waals surface area (Å²) in [5.41, 5.74) is -0.445. The number of carbonyl (C=O) groups is 1. The standard InChI is InChI=1S/C8H7ClF2N2O3S/c1-5(14)12-8-3-2-6(4-7(8)9)13(10)17(11,15)16/h2-4H,1H3,(H,12,14). The van der Waals surface area contributed by atoms with Gasteiger partial charge in [-0.1, -0.05) is 24.5 Å². The fourth-order valence-corrected chi connectivity index (χ4v) is 1.62. The van der Waals surface area contributed by atoms with Gasteiger partial charge in [0, 0.05) is 6.92 Å². The quantitative estimate of drug-likeness (QED) is 0.683. The van der Waals surface area contributed by atoms with Gasteiger partial charge in [-0.15, -0.1) is 0 Å². The molecule has 0 radical (unpaired) electrons. The van der Waals surface area contributed by atoms with Crippen LogP contribution in [0.3, 0.4) is 0 Å².